The lowest BCUT2D eigenvalue weighted by molar-refractivity contribution is 0.0751. The molecule has 0 atom stereocenters. The third kappa shape index (κ3) is 2.39. The number of halogens is 1. The van der Waals surface area contributed by atoms with E-state index in [0.717, 1.165) is 0 Å². The van der Waals surface area contributed by atoms with Crippen LogP contribution in [0, 0.1) is 5.82 Å². The van der Waals surface area contributed by atoms with Gasteiger partial charge in [0.2, 0.25) is 0 Å². The van der Waals surface area contributed by atoms with Crippen LogP contribution in [0.15, 0.2) is 12.1 Å². The molecular formula is C11H15FO3. The highest BCUT2D eigenvalue weighted by atomic mass is 19.1. The molecule has 0 radical (unpaired) electrons. The number of benzene rings is 1. The molecule has 0 saturated heterocycles. The zero-order valence-electron chi connectivity index (χ0n) is 9.30. The van der Waals surface area contributed by atoms with Crippen LogP contribution in [0.2, 0.25) is 0 Å². The topological polar surface area (TPSA) is 38.7 Å². The van der Waals surface area contributed by atoms with Gasteiger partial charge in [-0.2, -0.15) is 0 Å². The Morgan fingerprint density at radius 3 is 2.07 bits per heavy atom. The van der Waals surface area contributed by atoms with E-state index in [2.05, 4.69) is 0 Å². The number of methoxy groups -OCH3 is 2. The van der Waals surface area contributed by atoms with Crippen LogP contribution < -0.4 is 9.47 Å². The molecule has 0 heterocycles. The van der Waals surface area contributed by atoms with Crippen LogP contribution in [0.1, 0.15) is 19.4 Å². The lowest BCUT2D eigenvalue weighted by Gasteiger charge is -2.21. The van der Waals surface area contributed by atoms with E-state index in [9.17, 15) is 9.50 Å². The normalized spacial score (nSPS) is 11.3. The van der Waals surface area contributed by atoms with Gasteiger partial charge in [0.15, 0.2) is 11.6 Å². The molecule has 0 aromatic heterocycles. The number of hydrogen-bond acceptors (Lipinski definition) is 3. The summed E-state index contributed by atoms with van der Waals surface area (Å²) in [6.07, 6.45) is 0. The molecule has 0 fully saturated rings. The highest BCUT2D eigenvalue weighted by molar-refractivity contribution is 5.44. The number of hydrogen-bond donors (Lipinski definition) is 1. The predicted octanol–water partition coefficient (Wildman–Crippen LogP) is 2.07. The van der Waals surface area contributed by atoms with E-state index in [4.69, 9.17) is 9.47 Å². The van der Waals surface area contributed by atoms with Gasteiger partial charge in [0.05, 0.1) is 19.8 Å². The molecule has 3 nitrogen and oxygen atoms in total. The van der Waals surface area contributed by atoms with Crippen LogP contribution in [0.5, 0.6) is 11.5 Å². The van der Waals surface area contributed by atoms with Crippen molar-refractivity contribution in [1.29, 1.82) is 0 Å². The summed E-state index contributed by atoms with van der Waals surface area (Å²) in [5, 5.41) is 9.80. The highest BCUT2D eigenvalue weighted by Gasteiger charge is 2.23. The fourth-order valence-corrected chi connectivity index (χ4v) is 1.34. The molecule has 1 aromatic carbocycles. The lowest BCUT2D eigenvalue weighted by atomic mass is 9.97. The second-order valence-electron chi connectivity index (χ2n) is 3.75. The molecule has 0 aliphatic rings. The Balaban J connectivity index is 3.34. The van der Waals surface area contributed by atoms with Gasteiger partial charge >= 0.3 is 0 Å². The first-order valence-corrected chi connectivity index (χ1v) is 4.54. The monoisotopic (exact) mass is 214 g/mol. The fraction of sp³-hybridized carbons (Fsp3) is 0.455. The van der Waals surface area contributed by atoms with Crippen molar-refractivity contribution in [2.75, 3.05) is 14.2 Å². The summed E-state index contributed by atoms with van der Waals surface area (Å²) >= 11 is 0. The third-order valence-corrected chi connectivity index (χ3v) is 2.13. The van der Waals surface area contributed by atoms with E-state index in [0.29, 0.717) is 11.3 Å². The van der Waals surface area contributed by atoms with E-state index in [1.807, 2.05) is 0 Å². The second kappa shape index (κ2) is 4.06. The minimum Gasteiger partial charge on any atom is -0.496 e. The zero-order chi connectivity index (χ0) is 11.6. The Morgan fingerprint density at radius 2 is 1.67 bits per heavy atom. The maximum Gasteiger partial charge on any atom is 0.165 e. The van der Waals surface area contributed by atoms with Crippen molar-refractivity contribution >= 4 is 0 Å². The Morgan fingerprint density at radius 1 is 1.13 bits per heavy atom. The van der Waals surface area contributed by atoms with Gasteiger partial charge < -0.3 is 14.6 Å². The average molecular weight is 214 g/mol. The summed E-state index contributed by atoms with van der Waals surface area (Å²) in [5.41, 5.74) is -0.762. The van der Waals surface area contributed by atoms with E-state index in [1.54, 1.807) is 13.8 Å². The molecule has 0 unspecified atom stereocenters. The molecule has 0 aliphatic heterocycles. The molecule has 1 N–H and O–H groups in total. The largest absolute Gasteiger partial charge is 0.496 e. The number of ether oxygens (including phenoxy) is 2. The Hall–Kier alpha value is -1.29. The summed E-state index contributed by atoms with van der Waals surface area (Å²) in [6, 6.07) is 2.64. The molecule has 0 spiro atoms. The molecule has 0 bridgehead atoms. The van der Waals surface area contributed by atoms with E-state index in [-0.39, 0.29) is 5.75 Å². The fourth-order valence-electron chi connectivity index (χ4n) is 1.34. The van der Waals surface area contributed by atoms with Crippen molar-refractivity contribution in [3.8, 4) is 11.5 Å². The van der Waals surface area contributed by atoms with Gasteiger partial charge in [0.25, 0.3) is 0 Å². The van der Waals surface area contributed by atoms with Crippen molar-refractivity contribution < 1.29 is 19.0 Å². The molecule has 84 valence electrons. The highest BCUT2D eigenvalue weighted by Crippen LogP contribution is 2.34. The van der Waals surface area contributed by atoms with E-state index in [1.165, 1.54) is 26.4 Å². The molecule has 0 aliphatic carbocycles. The molecule has 0 saturated carbocycles. The van der Waals surface area contributed by atoms with Crippen LogP contribution in [-0.4, -0.2) is 19.3 Å². The maximum atomic E-state index is 13.4. The Labute approximate surface area is 88.4 Å². The summed E-state index contributed by atoms with van der Waals surface area (Å²) in [6.45, 7) is 3.13. The van der Waals surface area contributed by atoms with Crippen LogP contribution in [0.25, 0.3) is 0 Å². The van der Waals surface area contributed by atoms with Crippen molar-refractivity contribution in [1.82, 2.24) is 0 Å². The first kappa shape index (κ1) is 11.8. The Bertz CT molecular complexity index is 356. The van der Waals surface area contributed by atoms with Gasteiger partial charge in [-0.15, -0.1) is 0 Å². The zero-order valence-corrected chi connectivity index (χ0v) is 9.30. The van der Waals surface area contributed by atoms with Gasteiger partial charge in [0.1, 0.15) is 5.75 Å². The molecule has 1 aromatic rings. The van der Waals surface area contributed by atoms with Crippen molar-refractivity contribution in [2.45, 2.75) is 19.4 Å². The van der Waals surface area contributed by atoms with Gasteiger partial charge in [-0.05, 0) is 19.9 Å². The van der Waals surface area contributed by atoms with E-state index < -0.39 is 11.4 Å². The molecule has 15 heavy (non-hydrogen) atoms. The molecule has 0 amide bonds. The summed E-state index contributed by atoms with van der Waals surface area (Å²) in [7, 11) is 2.84. The minimum absolute atomic E-state index is 0.0971. The average Bonchev–Trinajstić information content (AvgIpc) is 2.16. The van der Waals surface area contributed by atoms with Gasteiger partial charge in [0, 0.05) is 11.6 Å². The SMILES string of the molecule is COc1cc(OC)c(C(C)(C)O)cc1F. The number of rotatable bonds is 3. The first-order valence-electron chi connectivity index (χ1n) is 4.54. The van der Waals surface area contributed by atoms with Crippen LogP contribution in [-0.2, 0) is 5.60 Å². The third-order valence-electron chi connectivity index (χ3n) is 2.13. The standard InChI is InChI=1S/C11H15FO3/c1-11(2,13)7-5-8(12)10(15-4)6-9(7)14-3/h5-6,13H,1-4H3. The maximum absolute atomic E-state index is 13.4. The molecular weight excluding hydrogens is 199 g/mol. The van der Waals surface area contributed by atoms with Gasteiger partial charge in [-0.1, -0.05) is 0 Å². The summed E-state index contributed by atoms with van der Waals surface area (Å²) in [4.78, 5) is 0. The van der Waals surface area contributed by atoms with Crippen molar-refractivity contribution in [3.63, 3.8) is 0 Å². The first-order chi connectivity index (χ1) is 6.90. The summed E-state index contributed by atoms with van der Waals surface area (Å²) in [5.74, 6) is -0.0176. The van der Waals surface area contributed by atoms with E-state index >= 15 is 0 Å². The van der Waals surface area contributed by atoms with Gasteiger partial charge in [-0.25, -0.2) is 4.39 Å². The smallest absolute Gasteiger partial charge is 0.165 e. The van der Waals surface area contributed by atoms with Gasteiger partial charge in [-0.3, -0.25) is 0 Å². The van der Waals surface area contributed by atoms with Crippen molar-refractivity contribution in [3.05, 3.63) is 23.5 Å². The summed E-state index contributed by atoms with van der Waals surface area (Å²) < 4.78 is 23.3. The minimum atomic E-state index is -1.15. The molecule has 1 rings (SSSR count). The predicted molar refractivity (Wildman–Crippen MR) is 54.7 cm³/mol. The van der Waals surface area contributed by atoms with Crippen LogP contribution in [0.4, 0.5) is 4.39 Å². The number of aliphatic hydroxyl groups is 1. The van der Waals surface area contributed by atoms with Crippen LogP contribution >= 0.6 is 0 Å². The Kier molecular flexibility index (Phi) is 3.19. The lowest BCUT2D eigenvalue weighted by Crippen LogP contribution is -2.17. The van der Waals surface area contributed by atoms with Crippen LogP contribution in [0.3, 0.4) is 0 Å². The van der Waals surface area contributed by atoms with Crippen molar-refractivity contribution in [2.24, 2.45) is 0 Å². The second-order valence-corrected chi connectivity index (χ2v) is 3.75. The molecule has 4 heteroatoms. The quantitative estimate of drug-likeness (QED) is 0.837.